The lowest BCUT2D eigenvalue weighted by Gasteiger charge is -2.34. The minimum atomic E-state index is -4.42. The molecule has 3 nitrogen and oxygen atoms in total. The van der Waals surface area contributed by atoms with Crippen molar-refractivity contribution in [3.8, 4) is 5.75 Å². The largest absolute Gasteiger partial charge is 0.497 e. The molecule has 2 rings (SSSR count). The van der Waals surface area contributed by atoms with Crippen LogP contribution >= 0.6 is 24.8 Å². The first-order valence-corrected chi connectivity index (χ1v) is 6.80. The number of nitrogens with zero attached hydrogens (tertiary/aromatic N) is 1. The van der Waals surface area contributed by atoms with Crippen LogP contribution in [0.3, 0.4) is 0 Å². The number of nitrogens with one attached hydrogen (secondary N) is 1. The summed E-state index contributed by atoms with van der Waals surface area (Å²) in [7, 11) is 1.36. The maximum absolute atomic E-state index is 13.3. The highest BCUT2D eigenvalue weighted by molar-refractivity contribution is 5.85. The van der Waals surface area contributed by atoms with E-state index in [1.165, 1.54) is 13.2 Å². The van der Waals surface area contributed by atoms with Gasteiger partial charge >= 0.3 is 6.18 Å². The van der Waals surface area contributed by atoms with Gasteiger partial charge in [0.1, 0.15) is 5.75 Å². The van der Waals surface area contributed by atoms with E-state index in [9.17, 15) is 13.2 Å². The highest BCUT2D eigenvalue weighted by Gasteiger charge is 2.36. The molecule has 0 aliphatic carbocycles. The fourth-order valence-corrected chi connectivity index (χ4v) is 2.60. The summed E-state index contributed by atoms with van der Waals surface area (Å²) in [6.07, 6.45) is -2.85. The van der Waals surface area contributed by atoms with Crippen molar-refractivity contribution in [3.63, 3.8) is 0 Å². The molecule has 0 amide bonds. The zero-order chi connectivity index (χ0) is 15.5. The second kappa shape index (κ2) is 9.37. The van der Waals surface area contributed by atoms with Gasteiger partial charge in [0.2, 0.25) is 0 Å². The normalized spacial score (nSPS) is 16.7. The van der Waals surface area contributed by atoms with Gasteiger partial charge in [0.25, 0.3) is 0 Å². The Balaban J connectivity index is 0.00000242. The molecule has 0 bridgehead atoms. The smallest absolute Gasteiger partial charge is 0.416 e. The van der Waals surface area contributed by atoms with Gasteiger partial charge in [-0.05, 0) is 17.7 Å². The number of hydrogen-bond acceptors (Lipinski definition) is 3. The van der Waals surface area contributed by atoms with Crippen molar-refractivity contribution in [2.45, 2.75) is 12.2 Å². The fourth-order valence-electron chi connectivity index (χ4n) is 2.60. The average molecular weight is 373 g/mol. The van der Waals surface area contributed by atoms with Gasteiger partial charge < -0.3 is 10.1 Å². The van der Waals surface area contributed by atoms with E-state index in [4.69, 9.17) is 4.74 Å². The first-order chi connectivity index (χ1) is 9.97. The summed E-state index contributed by atoms with van der Waals surface area (Å²) in [5.74, 6) is 0.203. The maximum Gasteiger partial charge on any atom is 0.416 e. The van der Waals surface area contributed by atoms with Gasteiger partial charge in [-0.2, -0.15) is 13.2 Å². The Morgan fingerprint density at radius 2 is 1.87 bits per heavy atom. The Kier molecular flexibility index (Phi) is 8.98. The van der Waals surface area contributed by atoms with Crippen molar-refractivity contribution in [2.75, 3.05) is 33.3 Å². The molecule has 1 aliphatic rings. The molecule has 1 aromatic carbocycles. The Labute approximate surface area is 146 Å². The molecular formula is C15H21Cl2F3N2O. The summed E-state index contributed by atoms with van der Waals surface area (Å²) in [6, 6.07) is 3.64. The lowest BCUT2D eigenvalue weighted by atomic mass is 9.97. The van der Waals surface area contributed by atoms with E-state index in [1.807, 2.05) is 4.90 Å². The number of methoxy groups -OCH3 is 1. The Bertz CT molecular complexity index is 506. The minimum absolute atomic E-state index is 0. The molecule has 0 aromatic heterocycles. The first-order valence-electron chi connectivity index (χ1n) is 6.80. The molecule has 8 heteroatoms. The number of benzene rings is 1. The minimum Gasteiger partial charge on any atom is -0.497 e. The zero-order valence-electron chi connectivity index (χ0n) is 12.7. The van der Waals surface area contributed by atoms with Crippen molar-refractivity contribution in [1.29, 1.82) is 0 Å². The first kappa shape index (κ1) is 22.1. The summed E-state index contributed by atoms with van der Waals surface area (Å²) in [4.78, 5) is 2.00. The number of rotatable bonds is 4. The van der Waals surface area contributed by atoms with Gasteiger partial charge in [0.05, 0.1) is 18.7 Å². The highest BCUT2D eigenvalue weighted by Crippen LogP contribution is 2.38. The molecule has 1 heterocycles. The van der Waals surface area contributed by atoms with Gasteiger partial charge in [-0.25, -0.2) is 0 Å². The third kappa shape index (κ3) is 5.28. The highest BCUT2D eigenvalue weighted by atomic mass is 35.5. The van der Waals surface area contributed by atoms with Crippen molar-refractivity contribution >= 4 is 24.8 Å². The molecular weight excluding hydrogens is 352 g/mol. The van der Waals surface area contributed by atoms with Gasteiger partial charge in [-0.3, -0.25) is 4.90 Å². The summed E-state index contributed by atoms with van der Waals surface area (Å²) in [6.45, 7) is 6.64. The van der Waals surface area contributed by atoms with Crippen molar-refractivity contribution in [3.05, 3.63) is 42.0 Å². The molecule has 1 fully saturated rings. The van der Waals surface area contributed by atoms with E-state index < -0.39 is 17.8 Å². The van der Waals surface area contributed by atoms with E-state index in [2.05, 4.69) is 11.9 Å². The second-order valence-corrected chi connectivity index (χ2v) is 4.92. The Morgan fingerprint density at radius 3 is 2.35 bits per heavy atom. The maximum atomic E-state index is 13.3. The lowest BCUT2D eigenvalue weighted by molar-refractivity contribution is -0.138. The summed E-state index contributed by atoms with van der Waals surface area (Å²) < 4.78 is 44.8. The van der Waals surface area contributed by atoms with Crippen LogP contribution in [0.5, 0.6) is 5.75 Å². The number of hydrogen-bond donors (Lipinski definition) is 1. The van der Waals surface area contributed by atoms with Crippen molar-refractivity contribution in [2.24, 2.45) is 0 Å². The van der Waals surface area contributed by atoms with Crippen molar-refractivity contribution in [1.82, 2.24) is 10.2 Å². The van der Waals surface area contributed by atoms with E-state index >= 15 is 0 Å². The van der Waals surface area contributed by atoms with Crippen LogP contribution < -0.4 is 10.1 Å². The third-order valence-corrected chi connectivity index (χ3v) is 3.65. The van der Waals surface area contributed by atoms with Crippen LogP contribution in [0.25, 0.3) is 0 Å². The van der Waals surface area contributed by atoms with E-state index in [0.717, 1.165) is 19.2 Å². The predicted octanol–water partition coefficient (Wildman–Crippen LogP) is 3.69. The summed E-state index contributed by atoms with van der Waals surface area (Å²) in [5.41, 5.74) is -0.439. The molecule has 23 heavy (non-hydrogen) atoms. The molecule has 132 valence electrons. The van der Waals surface area contributed by atoms with Gasteiger partial charge in [-0.1, -0.05) is 12.1 Å². The predicted molar refractivity (Wildman–Crippen MR) is 89.9 cm³/mol. The van der Waals surface area contributed by atoms with E-state index in [0.29, 0.717) is 13.1 Å². The van der Waals surface area contributed by atoms with Crippen LogP contribution in [0.4, 0.5) is 13.2 Å². The molecule has 1 saturated heterocycles. The average Bonchev–Trinajstić information content (AvgIpc) is 2.48. The molecule has 1 aliphatic heterocycles. The zero-order valence-corrected chi connectivity index (χ0v) is 14.4. The molecule has 0 unspecified atom stereocenters. The quantitative estimate of drug-likeness (QED) is 0.815. The molecule has 1 atom stereocenters. The van der Waals surface area contributed by atoms with Crippen LogP contribution in [-0.4, -0.2) is 38.2 Å². The number of alkyl halides is 3. The van der Waals surface area contributed by atoms with Gasteiger partial charge in [-0.15, -0.1) is 31.4 Å². The fraction of sp³-hybridized carbons (Fsp3) is 0.467. The second-order valence-electron chi connectivity index (χ2n) is 4.92. The molecule has 0 spiro atoms. The van der Waals surface area contributed by atoms with Crippen molar-refractivity contribution < 1.29 is 17.9 Å². The SMILES string of the molecule is C=C[C@H](c1ccc(OC)cc1C(F)(F)F)N1CCNCC1.Cl.Cl. The Hall–Kier alpha value is -0.950. The molecule has 0 radical (unpaired) electrons. The van der Waals surface area contributed by atoms with Crippen LogP contribution in [0, 0.1) is 0 Å². The monoisotopic (exact) mass is 372 g/mol. The summed E-state index contributed by atoms with van der Waals surface area (Å²) >= 11 is 0. The van der Waals surface area contributed by atoms with Crippen LogP contribution in [-0.2, 0) is 6.18 Å². The van der Waals surface area contributed by atoms with Crippen LogP contribution in [0.1, 0.15) is 17.2 Å². The standard InChI is InChI=1S/C15H19F3N2O.2ClH/c1-3-14(20-8-6-19-7-9-20)12-5-4-11(21-2)10-13(12)15(16,17)18;;/h3-5,10,14,19H,1,6-9H2,2H3;2*1H/t14-;;/m1../s1. The van der Waals surface area contributed by atoms with Crippen LogP contribution in [0.2, 0.25) is 0 Å². The number of ether oxygens (including phenoxy) is 1. The number of piperazine rings is 1. The van der Waals surface area contributed by atoms with Gasteiger partial charge in [0, 0.05) is 26.2 Å². The molecule has 1 N–H and O–H groups in total. The van der Waals surface area contributed by atoms with Crippen LogP contribution in [0.15, 0.2) is 30.9 Å². The lowest BCUT2D eigenvalue weighted by Crippen LogP contribution is -2.45. The van der Waals surface area contributed by atoms with E-state index in [-0.39, 0.29) is 36.1 Å². The third-order valence-electron chi connectivity index (χ3n) is 3.65. The topological polar surface area (TPSA) is 24.5 Å². The Morgan fingerprint density at radius 1 is 1.26 bits per heavy atom. The van der Waals surface area contributed by atoms with Gasteiger partial charge in [0.15, 0.2) is 0 Å². The summed E-state index contributed by atoms with van der Waals surface area (Å²) in [5, 5.41) is 3.19. The molecule has 1 aromatic rings. The van der Waals surface area contributed by atoms with E-state index in [1.54, 1.807) is 12.1 Å². The number of halogens is 5. The molecule has 0 saturated carbocycles.